The van der Waals surface area contributed by atoms with Gasteiger partial charge in [-0.05, 0) is 6.92 Å². The molecule has 1 aromatic rings. The van der Waals surface area contributed by atoms with Gasteiger partial charge in [-0.3, -0.25) is 0 Å². The van der Waals surface area contributed by atoms with E-state index in [1.165, 1.54) is 0 Å². The Morgan fingerprint density at radius 3 is 3.18 bits per heavy atom. The summed E-state index contributed by atoms with van der Waals surface area (Å²) in [5.41, 5.74) is 0. The van der Waals surface area contributed by atoms with Gasteiger partial charge < -0.3 is 19.5 Å². The Bertz CT molecular complexity index is 375. The molecule has 2 atom stereocenters. The molecule has 2 heterocycles. The highest BCUT2D eigenvalue weighted by atomic mass is 16.5. The predicted molar refractivity (Wildman–Crippen MR) is 62.2 cm³/mol. The van der Waals surface area contributed by atoms with Crippen LogP contribution in [0.5, 0.6) is 5.88 Å². The van der Waals surface area contributed by atoms with Crippen LogP contribution in [0.25, 0.3) is 0 Å². The van der Waals surface area contributed by atoms with Crippen molar-refractivity contribution in [3.8, 4) is 5.88 Å². The molecule has 1 saturated heterocycles. The van der Waals surface area contributed by atoms with Gasteiger partial charge in [0, 0.05) is 18.8 Å². The SMILES string of the molecule is COc1ccnc(N2CC(CO)OCC2C)n1. The van der Waals surface area contributed by atoms with Gasteiger partial charge in [0.2, 0.25) is 11.8 Å². The maximum atomic E-state index is 9.13. The topological polar surface area (TPSA) is 67.7 Å². The van der Waals surface area contributed by atoms with Crippen LogP contribution in [0.3, 0.4) is 0 Å². The molecule has 0 spiro atoms. The van der Waals surface area contributed by atoms with Gasteiger partial charge in [0.15, 0.2) is 0 Å². The summed E-state index contributed by atoms with van der Waals surface area (Å²) in [5.74, 6) is 1.15. The van der Waals surface area contributed by atoms with Crippen molar-refractivity contribution in [2.24, 2.45) is 0 Å². The molecular formula is C11H17N3O3. The number of anilines is 1. The van der Waals surface area contributed by atoms with Crippen molar-refractivity contribution in [1.29, 1.82) is 0 Å². The molecule has 1 aliphatic rings. The standard InChI is InChI=1S/C11H17N3O3/c1-8-7-17-9(6-15)5-14(8)11-12-4-3-10(13-11)16-2/h3-4,8-9,15H,5-7H2,1-2H3. The molecule has 94 valence electrons. The largest absolute Gasteiger partial charge is 0.481 e. The van der Waals surface area contributed by atoms with Gasteiger partial charge in [0.25, 0.3) is 0 Å². The molecule has 0 radical (unpaired) electrons. The molecular weight excluding hydrogens is 222 g/mol. The van der Waals surface area contributed by atoms with E-state index in [4.69, 9.17) is 14.6 Å². The highest BCUT2D eigenvalue weighted by Gasteiger charge is 2.27. The predicted octanol–water partition coefficient (Wildman–Crippen LogP) is 0.0712. The number of rotatable bonds is 3. The zero-order chi connectivity index (χ0) is 12.3. The van der Waals surface area contributed by atoms with Crippen molar-refractivity contribution in [1.82, 2.24) is 9.97 Å². The number of aliphatic hydroxyl groups is 1. The lowest BCUT2D eigenvalue weighted by molar-refractivity contribution is -0.0108. The van der Waals surface area contributed by atoms with Gasteiger partial charge in [-0.1, -0.05) is 0 Å². The minimum absolute atomic E-state index is 0.00713. The smallest absolute Gasteiger partial charge is 0.229 e. The lowest BCUT2D eigenvalue weighted by Gasteiger charge is -2.37. The summed E-state index contributed by atoms with van der Waals surface area (Å²) in [7, 11) is 1.57. The van der Waals surface area contributed by atoms with Crippen molar-refractivity contribution in [2.75, 3.05) is 31.8 Å². The first-order valence-corrected chi connectivity index (χ1v) is 5.60. The van der Waals surface area contributed by atoms with E-state index in [-0.39, 0.29) is 18.8 Å². The van der Waals surface area contributed by atoms with E-state index in [0.717, 1.165) is 0 Å². The number of aromatic nitrogens is 2. The maximum Gasteiger partial charge on any atom is 0.229 e. The highest BCUT2D eigenvalue weighted by molar-refractivity contribution is 5.34. The van der Waals surface area contributed by atoms with Crippen molar-refractivity contribution in [3.05, 3.63) is 12.3 Å². The van der Waals surface area contributed by atoms with E-state index in [0.29, 0.717) is 25.0 Å². The molecule has 0 saturated carbocycles. The van der Waals surface area contributed by atoms with Crippen LogP contribution in [-0.2, 0) is 4.74 Å². The Morgan fingerprint density at radius 1 is 1.65 bits per heavy atom. The summed E-state index contributed by atoms with van der Waals surface area (Å²) in [6.45, 7) is 3.19. The summed E-state index contributed by atoms with van der Waals surface area (Å²) >= 11 is 0. The van der Waals surface area contributed by atoms with Gasteiger partial charge in [0.1, 0.15) is 0 Å². The summed E-state index contributed by atoms with van der Waals surface area (Å²) < 4.78 is 10.5. The van der Waals surface area contributed by atoms with Crippen molar-refractivity contribution >= 4 is 5.95 Å². The van der Waals surface area contributed by atoms with Crippen molar-refractivity contribution in [2.45, 2.75) is 19.1 Å². The van der Waals surface area contributed by atoms with E-state index in [9.17, 15) is 0 Å². The van der Waals surface area contributed by atoms with Crippen LogP contribution in [0, 0.1) is 0 Å². The normalized spacial score (nSPS) is 24.8. The zero-order valence-corrected chi connectivity index (χ0v) is 10.0. The molecule has 0 aromatic carbocycles. The Hall–Kier alpha value is -1.40. The maximum absolute atomic E-state index is 9.13. The molecule has 1 fully saturated rings. The number of hydrogen-bond acceptors (Lipinski definition) is 6. The highest BCUT2D eigenvalue weighted by Crippen LogP contribution is 2.19. The molecule has 17 heavy (non-hydrogen) atoms. The third-order valence-electron chi connectivity index (χ3n) is 2.79. The van der Waals surface area contributed by atoms with Crippen LogP contribution in [0.2, 0.25) is 0 Å². The molecule has 6 nitrogen and oxygen atoms in total. The number of ether oxygens (including phenoxy) is 2. The number of nitrogens with zero attached hydrogens (tertiary/aromatic N) is 3. The van der Waals surface area contributed by atoms with E-state index in [1.54, 1.807) is 19.4 Å². The summed E-state index contributed by atoms with van der Waals surface area (Å²) in [6.07, 6.45) is 1.48. The second kappa shape index (κ2) is 5.29. The first kappa shape index (κ1) is 12.1. The molecule has 0 aliphatic carbocycles. The molecule has 1 aromatic heterocycles. The average molecular weight is 239 g/mol. The van der Waals surface area contributed by atoms with Crippen LogP contribution in [0.15, 0.2) is 12.3 Å². The fraction of sp³-hybridized carbons (Fsp3) is 0.636. The lowest BCUT2D eigenvalue weighted by atomic mass is 10.2. The molecule has 1 aliphatic heterocycles. The second-order valence-electron chi connectivity index (χ2n) is 4.04. The van der Waals surface area contributed by atoms with Gasteiger partial charge >= 0.3 is 0 Å². The van der Waals surface area contributed by atoms with Crippen molar-refractivity contribution in [3.63, 3.8) is 0 Å². The Balaban J connectivity index is 2.18. The average Bonchev–Trinajstić information content (AvgIpc) is 2.39. The monoisotopic (exact) mass is 239 g/mol. The fourth-order valence-corrected chi connectivity index (χ4v) is 1.79. The van der Waals surface area contributed by atoms with Crippen molar-refractivity contribution < 1.29 is 14.6 Å². The first-order chi connectivity index (χ1) is 8.24. The third-order valence-corrected chi connectivity index (χ3v) is 2.79. The number of aliphatic hydroxyl groups excluding tert-OH is 1. The molecule has 1 N–H and O–H groups in total. The summed E-state index contributed by atoms with van der Waals surface area (Å²) in [4.78, 5) is 10.5. The molecule has 2 unspecified atom stereocenters. The summed E-state index contributed by atoms with van der Waals surface area (Å²) in [6, 6.07) is 1.89. The van der Waals surface area contributed by atoms with E-state index in [1.807, 2.05) is 11.8 Å². The van der Waals surface area contributed by atoms with E-state index in [2.05, 4.69) is 9.97 Å². The minimum Gasteiger partial charge on any atom is -0.481 e. The van der Waals surface area contributed by atoms with E-state index >= 15 is 0 Å². The van der Waals surface area contributed by atoms with Gasteiger partial charge in [-0.15, -0.1) is 0 Å². The number of morpholine rings is 1. The Kier molecular flexibility index (Phi) is 3.75. The van der Waals surface area contributed by atoms with Gasteiger partial charge in [-0.2, -0.15) is 4.98 Å². The molecule has 0 bridgehead atoms. The van der Waals surface area contributed by atoms with E-state index < -0.39 is 0 Å². The molecule has 2 rings (SSSR count). The van der Waals surface area contributed by atoms with Crippen LogP contribution >= 0.6 is 0 Å². The van der Waals surface area contributed by atoms with Gasteiger partial charge in [0.05, 0.1) is 32.5 Å². The number of methoxy groups -OCH3 is 1. The first-order valence-electron chi connectivity index (χ1n) is 5.60. The zero-order valence-electron chi connectivity index (χ0n) is 10.0. The third kappa shape index (κ3) is 2.65. The Labute approximate surface area is 100 Å². The fourth-order valence-electron chi connectivity index (χ4n) is 1.79. The van der Waals surface area contributed by atoms with Crippen LogP contribution < -0.4 is 9.64 Å². The van der Waals surface area contributed by atoms with Gasteiger partial charge in [-0.25, -0.2) is 4.98 Å². The van der Waals surface area contributed by atoms with Crippen LogP contribution in [0.1, 0.15) is 6.92 Å². The minimum atomic E-state index is -0.180. The lowest BCUT2D eigenvalue weighted by Crippen LogP contribution is -2.50. The van der Waals surface area contributed by atoms with Crippen LogP contribution in [0.4, 0.5) is 5.95 Å². The summed E-state index contributed by atoms with van der Waals surface area (Å²) in [5, 5.41) is 9.13. The van der Waals surface area contributed by atoms with Crippen LogP contribution in [-0.4, -0.2) is 54.1 Å². The molecule has 6 heteroatoms. The second-order valence-corrected chi connectivity index (χ2v) is 4.04. The Morgan fingerprint density at radius 2 is 2.47 bits per heavy atom. The molecule has 0 amide bonds. The number of hydrogen-bond donors (Lipinski definition) is 1. The quantitative estimate of drug-likeness (QED) is 0.805.